The molecule has 0 aromatic carbocycles. The molecule has 0 spiro atoms. The molecule has 0 amide bonds. The van der Waals surface area contributed by atoms with E-state index in [2.05, 4.69) is 0 Å². The second kappa shape index (κ2) is 4.39. The number of ketones is 2. The van der Waals surface area contributed by atoms with Crippen LogP contribution in [-0.2, 0) is 9.59 Å². The lowest BCUT2D eigenvalue weighted by Gasteiger charge is -2.05. The summed E-state index contributed by atoms with van der Waals surface area (Å²) in [4.78, 5) is 22.5. The molecule has 2 nitrogen and oxygen atoms in total. The Morgan fingerprint density at radius 3 is 2.50 bits per heavy atom. The van der Waals surface area contributed by atoms with Crippen LogP contribution in [-0.4, -0.2) is 11.6 Å². The molecule has 0 aliphatic heterocycles. The number of carbonyl (C=O) groups excluding carboxylic acids is 2. The first kappa shape index (κ1) is 9.43. The number of rotatable bonds is 0. The van der Waals surface area contributed by atoms with Crippen LogP contribution < -0.4 is 0 Å². The molecule has 1 saturated carbocycles. The highest BCUT2D eigenvalue weighted by Gasteiger charge is 2.17. The second-order valence-electron chi connectivity index (χ2n) is 3.67. The summed E-state index contributed by atoms with van der Waals surface area (Å²) in [6, 6.07) is 0. The van der Waals surface area contributed by atoms with E-state index >= 15 is 0 Å². The monoisotopic (exact) mass is 168 g/mol. The average molecular weight is 168 g/mol. The molecular formula is C10H16O2. The first-order valence-corrected chi connectivity index (χ1v) is 4.74. The van der Waals surface area contributed by atoms with Crippen molar-refractivity contribution in [3.05, 3.63) is 0 Å². The first-order chi connectivity index (χ1) is 5.70. The van der Waals surface area contributed by atoms with E-state index in [-0.39, 0.29) is 17.5 Å². The van der Waals surface area contributed by atoms with Gasteiger partial charge in [-0.05, 0) is 12.8 Å². The van der Waals surface area contributed by atoms with Crippen LogP contribution in [0.5, 0.6) is 0 Å². The highest BCUT2D eigenvalue weighted by atomic mass is 16.1. The third kappa shape index (κ3) is 2.76. The zero-order chi connectivity index (χ0) is 8.97. The highest BCUT2D eigenvalue weighted by molar-refractivity contribution is 5.87. The Bertz CT molecular complexity index is 184. The Kier molecular flexibility index (Phi) is 3.45. The van der Waals surface area contributed by atoms with E-state index in [0.29, 0.717) is 19.3 Å². The van der Waals surface area contributed by atoms with Crippen LogP contribution in [0.2, 0.25) is 0 Å². The molecule has 0 saturated heterocycles. The van der Waals surface area contributed by atoms with Crippen molar-refractivity contribution < 1.29 is 9.59 Å². The molecule has 1 unspecified atom stereocenters. The summed E-state index contributed by atoms with van der Waals surface area (Å²) in [5.41, 5.74) is 0. The van der Waals surface area contributed by atoms with Gasteiger partial charge in [0.25, 0.3) is 0 Å². The molecule has 12 heavy (non-hydrogen) atoms. The summed E-state index contributed by atoms with van der Waals surface area (Å²) in [5.74, 6) is 0.499. The average Bonchev–Trinajstić information content (AvgIpc) is 2.07. The summed E-state index contributed by atoms with van der Waals surface area (Å²) >= 11 is 0. The van der Waals surface area contributed by atoms with Crippen molar-refractivity contribution in [2.75, 3.05) is 0 Å². The Morgan fingerprint density at radius 1 is 1.08 bits per heavy atom. The zero-order valence-corrected chi connectivity index (χ0v) is 7.64. The fourth-order valence-corrected chi connectivity index (χ4v) is 1.60. The van der Waals surface area contributed by atoms with Gasteiger partial charge in [-0.1, -0.05) is 13.3 Å². The minimum Gasteiger partial charge on any atom is -0.300 e. The molecule has 1 rings (SSSR count). The lowest BCUT2D eigenvalue weighted by atomic mass is 9.97. The van der Waals surface area contributed by atoms with E-state index in [0.717, 1.165) is 19.3 Å². The fourth-order valence-electron chi connectivity index (χ4n) is 1.60. The minimum absolute atomic E-state index is 0.0319. The largest absolute Gasteiger partial charge is 0.300 e. The van der Waals surface area contributed by atoms with Crippen LogP contribution in [0.15, 0.2) is 0 Å². The number of hydrogen-bond acceptors (Lipinski definition) is 2. The van der Waals surface area contributed by atoms with E-state index in [1.807, 2.05) is 6.92 Å². The van der Waals surface area contributed by atoms with Crippen LogP contribution >= 0.6 is 0 Å². The maximum Gasteiger partial charge on any atom is 0.136 e. The lowest BCUT2D eigenvalue weighted by molar-refractivity contribution is -0.127. The Morgan fingerprint density at radius 2 is 1.75 bits per heavy atom. The van der Waals surface area contributed by atoms with Crippen LogP contribution in [0.25, 0.3) is 0 Å². The molecule has 0 radical (unpaired) electrons. The van der Waals surface area contributed by atoms with Crippen molar-refractivity contribution in [1.82, 2.24) is 0 Å². The van der Waals surface area contributed by atoms with E-state index < -0.39 is 0 Å². The van der Waals surface area contributed by atoms with Gasteiger partial charge in [0.2, 0.25) is 0 Å². The molecule has 68 valence electrons. The lowest BCUT2D eigenvalue weighted by Crippen LogP contribution is -2.13. The van der Waals surface area contributed by atoms with Gasteiger partial charge in [0.1, 0.15) is 11.6 Å². The molecule has 2 heteroatoms. The molecule has 1 aliphatic rings. The summed E-state index contributed by atoms with van der Waals surface area (Å²) < 4.78 is 0. The Labute approximate surface area is 73.3 Å². The van der Waals surface area contributed by atoms with E-state index in [4.69, 9.17) is 0 Å². The van der Waals surface area contributed by atoms with Gasteiger partial charge in [0.05, 0.1) is 0 Å². The van der Waals surface area contributed by atoms with E-state index in [1.165, 1.54) is 0 Å². The maximum atomic E-state index is 11.3. The van der Waals surface area contributed by atoms with Crippen molar-refractivity contribution in [2.24, 2.45) is 5.92 Å². The predicted molar refractivity (Wildman–Crippen MR) is 46.9 cm³/mol. The molecule has 0 N–H and O–H groups in total. The number of carbonyl (C=O) groups is 2. The molecular weight excluding hydrogens is 152 g/mol. The Balaban J connectivity index is 2.52. The highest BCUT2D eigenvalue weighted by Crippen LogP contribution is 2.16. The van der Waals surface area contributed by atoms with Gasteiger partial charge in [-0.2, -0.15) is 0 Å². The third-order valence-corrected chi connectivity index (χ3v) is 2.46. The standard InChI is InChI=1S/C10H16O2/c1-8-7-9(11)5-3-2-4-6-10(8)12/h8H,2-7H2,1H3. The SMILES string of the molecule is CC1CC(=O)CCCCCC1=O. The summed E-state index contributed by atoms with van der Waals surface area (Å²) in [6.45, 7) is 1.87. The van der Waals surface area contributed by atoms with E-state index in [9.17, 15) is 9.59 Å². The molecule has 0 aromatic rings. The fraction of sp³-hybridized carbons (Fsp3) is 0.800. The predicted octanol–water partition coefficient (Wildman–Crippen LogP) is 2.11. The number of hydrogen-bond donors (Lipinski definition) is 0. The molecule has 0 bridgehead atoms. The van der Waals surface area contributed by atoms with Crippen LogP contribution in [0, 0.1) is 5.92 Å². The van der Waals surface area contributed by atoms with Crippen molar-refractivity contribution in [3.8, 4) is 0 Å². The van der Waals surface area contributed by atoms with Gasteiger partial charge < -0.3 is 0 Å². The van der Waals surface area contributed by atoms with Crippen LogP contribution in [0.4, 0.5) is 0 Å². The van der Waals surface area contributed by atoms with Gasteiger partial charge in [0.15, 0.2) is 0 Å². The van der Waals surface area contributed by atoms with Gasteiger partial charge in [-0.15, -0.1) is 0 Å². The van der Waals surface area contributed by atoms with Crippen LogP contribution in [0.3, 0.4) is 0 Å². The van der Waals surface area contributed by atoms with Crippen molar-refractivity contribution in [2.45, 2.75) is 45.4 Å². The van der Waals surface area contributed by atoms with Gasteiger partial charge >= 0.3 is 0 Å². The van der Waals surface area contributed by atoms with Gasteiger partial charge in [-0.25, -0.2) is 0 Å². The molecule has 0 heterocycles. The molecule has 1 atom stereocenters. The van der Waals surface area contributed by atoms with Crippen LogP contribution in [0.1, 0.15) is 45.4 Å². The van der Waals surface area contributed by atoms with Crippen molar-refractivity contribution in [3.63, 3.8) is 0 Å². The summed E-state index contributed by atoms with van der Waals surface area (Å²) in [7, 11) is 0. The number of Topliss-reactive ketones (excluding diaryl/α,β-unsaturated/α-hetero) is 2. The topological polar surface area (TPSA) is 34.1 Å². The van der Waals surface area contributed by atoms with E-state index in [1.54, 1.807) is 0 Å². The summed E-state index contributed by atoms with van der Waals surface area (Å²) in [5, 5.41) is 0. The normalized spacial score (nSPS) is 27.6. The Hall–Kier alpha value is -0.660. The second-order valence-corrected chi connectivity index (χ2v) is 3.67. The van der Waals surface area contributed by atoms with Crippen molar-refractivity contribution in [1.29, 1.82) is 0 Å². The van der Waals surface area contributed by atoms with Gasteiger partial charge in [-0.3, -0.25) is 9.59 Å². The molecule has 0 aromatic heterocycles. The van der Waals surface area contributed by atoms with Gasteiger partial charge in [0, 0.05) is 25.2 Å². The minimum atomic E-state index is -0.0319. The van der Waals surface area contributed by atoms with Crippen molar-refractivity contribution >= 4 is 11.6 Å². The smallest absolute Gasteiger partial charge is 0.136 e. The third-order valence-electron chi connectivity index (χ3n) is 2.46. The molecule has 1 aliphatic carbocycles. The first-order valence-electron chi connectivity index (χ1n) is 4.74. The quantitative estimate of drug-likeness (QED) is 0.555. The summed E-state index contributed by atoms with van der Waals surface area (Å²) in [6.07, 6.45) is 4.80. The molecule has 1 fully saturated rings. The zero-order valence-electron chi connectivity index (χ0n) is 7.64. The maximum absolute atomic E-state index is 11.3.